The van der Waals surface area contributed by atoms with E-state index >= 15 is 0 Å². The van der Waals surface area contributed by atoms with Crippen LogP contribution in [-0.2, 0) is 35.8 Å². The van der Waals surface area contributed by atoms with Gasteiger partial charge in [0.05, 0.1) is 0 Å². The predicted molar refractivity (Wildman–Crippen MR) is 159 cm³/mol. The molecule has 1 unspecified atom stereocenters. The van der Waals surface area contributed by atoms with Gasteiger partial charge in [-0.25, -0.2) is 4.79 Å². The van der Waals surface area contributed by atoms with Crippen molar-refractivity contribution in [2.24, 2.45) is 0 Å². The summed E-state index contributed by atoms with van der Waals surface area (Å²) >= 11 is 1.68. The Hall–Kier alpha value is -0.351. The van der Waals surface area contributed by atoms with Gasteiger partial charge in [-0.1, -0.05) is 57.9 Å². The number of fused-ring (bicyclic) bond motifs is 4. The third kappa shape index (κ3) is 11.3. The Morgan fingerprint density at radius 2 is 1.43 bits per heavy atom. The van der Waals surface area contributed by atoms with Crippen LogP contribution in [0.1, 0.15) is 68.5 Å². The zero-order chi connectivity index (χ0) is 26.3. The number of halogens is 2. The van der Waals surface area contributed by atoms with Crippen molar-refractivity contribution < 1.29 is 28.4 Å². The fraction of sp³-hybridized carbons (Fsp3) is 0.692. The van der Waals surface area contributed by atoms with Gasteiger partial charge in [-0.2, -0.15) is 37.3 Å². The first-order chi connectivity index (χ1) is 18.1. The second-order valence-corrected chi connectivity index (χ2v) is 12.5. The van der Waals surface area contributed by atoms with E-state index in [-0.39, 0.29) is 36.9 Å². The summed E-state index contributed by atoms with van der Waals surface area (Å²) in [5.41, 5.74) is 1.98. The third-order valence-electron chi connectivity index (χ3n) is 6.86. The first-order valence-corrected chi connectivity index (χ1v) is 17.3. The molecule has 0 saturated heterocycles. The van der Waals surface area contributed by atoms with Gasteiger partial charge in [-0.3, -0.25) is 4.98 Å². The van der Waals surface area contributed by atoms with Gasteiger partial charge in [0.15, 0.2) is 0 Å². The van der Waals surface area contributed by atoms with Gasteiger partial charge in [-0.15, -0.1) is 24.9 Å². The number of pyridine rings is 1. The van der Waals surface area contributed by atoms with Crippen LogP contribution >= 0.6 is 32.0 Å². The predicted octanol–water partition coefficient (Wildman–Crippen LogP) is 8.39. The van der Waals surface area contributed by atoms with E-state index in [1.165, 1.54) is 31.8 Å². The Bertz CT molecular complexity index is 811. The molecule has 2 bridgehead atoms. The van der Waals surface area contributed by atoms with Crippen molar-refractivity contribution in [3.63, 3.8) is 0 Å². The Morgan fingerprint density at radius 3 is 1.89 bits per heavy atom. The molecule has 2 saturated carbocycles. The standard InChI is InChI=1S/C26H37N5O2S.2ClH.Mn.4H2/c1-2-26(32)33-13-14-34-21-15-19-17-29-24-9-5-3-7-22(24)27-11-12-28-23-8-4-6-10-25(23)30-18-20(16-21)31-19;;;;;;;/h2,15-16,22-25H,1,3-14,17-18H2;2*1H;;4*1H/q-4;;;+2;;;;/p-2/t22-,23?,24-,25-;;;;;;;/m1......./s1. The van der Waals surface area contributed by atoms with Crippen LogP contribution < -0.4 is 0 Å². The van der Waals surface area contributed by atoms with Crippen molar-refractivity contribution >= 4 is 37.9 Å². The second-order valence-electron chi connectivity index (χ2n) is 9.39. The summed E-state index contributed by atoms with van der Waals surface area (Å²) in [6.07, 6.45) is 10.6. The minimum Gasteiger partial charge on any atom is 0 e. The fourth-order valence-corrected chi connectivity index (χ4v) is 5.97. The topological polar surface area (TPSA) is 95.6 Å². The Balaban J connectivity index is 0. The number of ether oxygens (including phenoxy) is 1. The van der Waals surface area contributed by atoms with E-state index in [1.807, 2.05) is 0 Å². The van der Waals surface area contributed by atoms with Crippen LogP contribution in [0, 0.1) is 0 Å². The van der Waals surface area contributed by atoms with Gasteiger partial charge in [0, 0.05) is 33.8 Å². The molecule has 37 heavy (non-hydrogen) atoms. The molecule has 1 aliphatic heterocycles. The maximum atomic E-state index is 11.3. The number of aromatic nitrogens is 1. The summed E-state index contributed by atoms with van der Waals surface area (Å²) in [5.74, 6) is 0.302. The molecule has 1 aromatic rings. The smallest absolute Gasteiger partial charge is 0 e. The molecule has 0 spiro atoms. The zero-order valence-electron chi connectivity index (χ0n) is 21.2. The molecule has 2 fully saturated rings. The minimum absolute atomic E-state index is 0. The van der Waals surface area contributed by atoms with Crippen LogP contribution in [-0.4, -0.2) is 60.6 Å². The van der Waals surface area contributed by atoms with Crippen LogP contribution in [0.5, 0.6) is 0 Å². The van der Waals surface area contributed by atoms with Gasteiger partial charge in [-0.05, 0) is 12.1 Å². The quantitative estimate of drug-likeness (QED) is 0.109. The molecule has 0 aromatic carbocycles. The summed E-state index contributed by atoms with van der Waals surface area (Å²) in [6, 6.07) is 5.45. The first-order valence-electron chi connectivity index (χ1n) is 13.1. The van der Waals surface area contributed by atoms with E-state index in [0.29, 0.717) is 37.5 Å². The number of esters is 1. The molecule has 11 heteroatoms. The summed E-state index contributed by atoms with van der Waals surface area (Å²) in [6.45, 7) is 6.64. The van der Waals surface area contributed by atoms with E-state index in [1.54, 1.807) is 11.8 Å². The third-order valence-corrected chi connectivity index (χ3v) is 7.80. The molecule has 4 rings (SSSR count). The van der Waals surface area contributed by atoms with Crippen molar-refractivity contribution in [2.45, 2.75) is 93.5 Å². The Kier molecular flexibility index (Phi) is 15.2. The van der Waals surface area contributed by atoms with Gasteiger partial charge >= 0.3 is 39.3 Å². The molecular formula is C26H45Cl2MnN5O2S-4. The Morgan fingerprint density at radius 1 is 0.973 bits per heavy atom. The van der Waals surface area contributed by atoms with Crippen LogP contribution in [0.2, 0.25) is 0 Å². The number of thioether (sulfide) groups is 1. The van der Waals surface area contributed by atoms with E-state index in [2.05, 4.69) is 18.7 Å². The summed E-state index contributed by atoms with van der Waals surface area (Å²) < 4.78 is 5.13. The van der Waals surface area contributed by atoms with Crippen molar-refractivity contribution in [1.82, 2.24) is 4.98 Å². The monoisotopic (exact) mass is 616 g/mol. The molecule has 3 aliphatic rings. The number of carbonyl (C=O) groups excluding carboxylic acids is 1. The Labute approximate surface area is 246 Å². The summed E-state index contributed by atoms with van der Waals surface area (Å²) in [7, 11) is 9.59. The van der Waals surface area contributed by atoms with E-state index in [0.717, 1.165) is 55.1 Å². The average Bonchev–Trinajstić information content (AvgIpc) is 2.92. The molecule has 0 radical (unpaired) electrons. The van der Waals surface area contributed by atoms with Gasteiger partial charge in [0.25, 0.3) is 0 Å². The second kappa shape index (κ2) is 18.1. The van der Waals surface area contributed by atoms with Crippen LogP contribution in [0.25, 0.3) is 21.3 Å². The van der Waals surface area contributed by atoms with Crippen molar-refractivity contribution in [2.75, 3.05) is 25.4 Å². The fourth-order valence-electron chi connectivity index (χ4n) is 5.13. The van der Waals surface area contributed by atoms with Gasteiger partial charge < -0.3 is 26.0 Å². The molecule has 2 heterocycles. The number of hydrogen-bond acceptors (Lipinski definition) is 4. The largest absolute Gasteiger partial charge is 0 e. The number of carbonyl (C=O) groups is 1. The van der Waals surface area contributed by atoms with Crippen molar-refractivity contribution in [3.8, 4) is 0 Å². The number of rotatable bonds is 5. The molecule has 2 aliphatic carbocycles. The van der Waals surface area contributed by atoms with Gasteiger partial charge in [0.1, 0.15) is 6.61 Å². The van der Waals surface area contributed by atoms with Crippen LogP contribution in [0.4, 0.5) is 0 Å². The normalized spacial score (nSPS) is 26.6. The molecule has 0 N–H and O–H groups in total. The van der Waals surface area contributed by atoms with E-state index in [9.17, 15) is 4.79 Å². The first kappa shape index (κ1) is 31.2. The van der Waals surface area contributed by atoms with Crippen LogP contribution in [0.3, 0.4) is 0 Å². The summed E-state index contributed by atoms with van der Waals surface area (Å²) in [4.78, 5) is 17.4. The van der Waals surface area contributed by atoms with Crippen LogP contribution in [0.15, 0.2) is 29.7 Å². The maximum absolute atomic E-state index is 11.3. The molecular weight excluding hydrogens is 572 g/mol. The zero-order valence-corrected chi connectivity index (χ0v) is 24.8. The molecule has 7 nitrogen and oxygen atoms in total. The minimum atomic E-state index is -0.383. The van der Waals surface area contributed by atoms with E-state index in [4.69, 9.17) is 51.2 Å². The van der Waals surface area contributed by atoms with Crippen molar-refractivity contribution in [1.29, 1.82) is 0 Å². The molecule has 1 aromatic heterocycles. The average molecular weight is 618 g/mol. The van der Waals surface area contributed by atoms with E-state index < -0.39 is 0 Å². The SMILES string of the molecule is C=CC(=O)OCCSc1cc2nc(c1)C[N-][C@@H]1CCCC[C@H]1[N-]CC[N-]C1CCCC[C@H]1[N-]C2.[Cl][Mn][Cl].[HH].[HH].[HH].[HH]. The molecule has 0 amide bonds. The molecule has 4 atom stereocenters. The number of hydrogen-bond donors (Lipinski definition) is 0. The van der Waals surface area contributed by atoms with Crippen molar-refractivity contribution in [3.05, 3.63) is 57.4 Å². The maximum Gasteiger partial charge on any atom is 0 e. The number of nitrogens with zero attached hydrogens (tertiary/aromatic N) is 5. The molecule has 217 valence electrons. The summed E-state index contributed by atoms with van der Waals surface area (Å²) in [5, 5.41) is 20.2. The van der Waals surface area contributed by atoms with Gasteiger partial charge in [0.2, 0.25) is 0 Å².